The lowest BCUT2D eigenvalue weighted by molar-refractivity contribution is 0.746. The van der Waals surface area contributed by atoms with Crippen LogP contribution < -0.4 is 5.73 Å². The van der Waals surface area contributed by atoms with E-state index in [0.717, 1.165) is 17.7 Å². The maximum atomic E-state index is 6.40. The number of rotatable bonds is 3. The van der Waals surface area contributed by atoms with Crippen molar-refractivity contribution < 1.29 is 0 Å². The molecular weight excluding hydrogens is 222 g/mol. The van der Waals surface area contributed by atoms with Gasteiger partial charge in [-0.3, -0.25) is 4.68 Å². The third-order valence-electron chi connectivity index (χ3n) is 3.37. The first-order valence-electron chi connectivity index (χ1n) is 6.38. The zero-order valence-corrected chi connectivity index (χ0v) is 11.6. The summed E-state index contributed by atoms with van der Waals surface area (Å²) in [6.07, 6.45) is 2.94. The Bertz CT molecular complexity index is 555. The van der Waals surface area contributed by atoms with Crippen LogP contribution in [0.2, 0.25) is 0 Å². The van der Waals surface area contributed by atoms with Crippen LogP contribution >= 0.6 is 0 Å². The van der Waals surface area contributed by atoms with Crippen LogP contribution in [-0.4, -0.2) is 9.78 Å². The van der Waals surface area contributed by atoms with Crippen LogP contribution in [0.25, 0.3) is 0 Å². The van der Waals surface area contributed by atoms with Crippen molar-refractivity contribution in [3.8, 4) is 0 Å². The standard InChI is InChI=1S/C15H21N3/c1-5-14-13(9-18(4)17-14)15(16)12-7-6-10(2)8-11(12)3/h6-9,15H,5,16H2,1-4H3. The number of hydrogen-bond donors (Lipinski definition) is 1. The molecule has 2 N–H and O–H groups in total. The molecule has 0 spiro atoms. The maximum Gasteiger partial charge on any atom is 0.0672 e. The first-order valence-corrected chi connectivity index (χ1v) is 6.38. The molecule has 2 rings (SSSR count). The molecule has 0 aliphatic heterocycles. The third kappa shape index (κ3) is 2.31. The minimum Gasteiger partial charge on any atom is -0.320 e. The molecule has 1 aromatic heterocycles. The zero-order valence-electron chi connectivity index (χ0n) is 11.6. The van der Waals surface area contributed by atoms with Gasteiger partial charge < -0.3 is 5.73 Å². The highest BCUT2D eigenvalue weighted by molar-refractivity contribution is 5.39. The van der Waals surface area contributed by atoms with E-state index in [0.29, 0.717) is 0 Å². The van der Waals surface area contributed by atoms with Gasteiger partial charge in [-0.25, -0.2) is 0 Å². The Labute approximate surface area is 109 Å². The fraction of sp³-hybridized carbons (Fsp3) is 0.400. The molecule has 0 bridgehead atoms. The summed E-state index contributed by atoms with van der Waals surface area (Å²) in [5.41, 5.74) is 12.3. The van der Waals surface area contributed by atoms with Crippen molar-refractivity contribution in [2.75, 3.05) is 0 Å². The van der Waals surface area contributed by atoms with Crippen molar-refractivity contribution in [1.82, 2.24) is 9.78 Å². The first-order chi connectivity index (χ1) is 8.52. The predicted molar refractivity (Wildman–Crippen MR) is 74.5 cm³/mol. The fourth-order valence-corrected chi connectivity index (χ4v) is 2.43. The molecular formula is C15H21N3. The summed E-state index contributed by atoms with van der Waals surface area (Å²) in [6.45, 7) is 6.33. The van der Waals surface area contributed by atoms with Crippen molar-refractivity contribution in [1.29, 1.82) is 0 Å². The highest BCUT2D eigenvalue weighted by Gasteiger charge is 2.17. The van der Waals surface area contributed by atoms with E-state index in [1.54, 1.807) is 0 Å². The Morgan fingerprint density at radius 2 is 2.00 bits per heavy atom. The van der Waals surface area contributed by atoms with Crippen LogP contribution in [0.1, 0.15) is 40.9 Å². The second-order valence-corrected chi connectivity index (χ2v) is 4.90. The molecule has 0 aliphatic carbocycles. The van der Waals surface area contributed by atoms with Crippen molar-refractivity contribution in [2.24, 2.45) is 12.8 Å². The Hall–Kier alpha value is -1.61. The van der Waals surface area contributed by atoms with Crippen LogP contribution in [0.4, 0.5) is 0 Å². The largest absolute Gasteiger partial charge is 0.320 e. The summed E-state index contributed by atoms with van der Waals surface area (Å²) in [7, 11) is 1.94. The minimum absolute atomic E-state index is 0.0887. The number of nitrogens with two attached hydrogens (primary N) is 1. The van der Waals surface area contributed by atoms with Gasteiger partial charge in [0.05, 0.1) is 11.7 Å². The molecule has 3 nitrogen and oxygen atoms in total. The molecule has 0 saturated heterocycles. The summed E-state index contributed by atoms with van der Waals surface area (Å²) < 4.78 is 1.84. The van der Waals surface area contributed by atoms with Crippen molar-refractivity contribution in [3.63, 3.8) is 0 Å². The molecule has 0 radical (unpaired) electrons. The lowest BCUT2D eigenvalue weighted by Gasteiger charge is -2.15. The van der Waals surface area contributed by atoms with Gasteiger partial charge in [0, 0.05) is 18.8 Å². The lowest BCUT2D eigenvalue weighted by atomic mass is 9.94. The normalized spacial score (nSPS) is 12.7. The van der Waals surface area contributed by atoms with Crippen LogP contribution in [0, 0.1) is 13.8 Å². The van der Waals surface area contributed by atoms with Gasteiger partial charge in [0.15, 0.2) is 0 Å². The maximum absolute atomic E-state index is 6.40. The SMILES string of the molecule is CCc1nn(C)cc1C(N)c1ccc(C)cc1C. The van der Waals surface area contributed by atoms with E-state index in [2.05, 4.69) is 44.1 Å². The summed E-state index contributed by atoms with van der Waals surface area (Å²) in [5.74, 6) is 0. The van der Waals surface area contributed by atoms with Crippen molar-refractivity contribution in [3.05, 3.63) is 52.3 Å². The second-order valence-electron chi connectivity index (χ2n) is 4.90. The predicted octanol–water partition coefficient (Wildman–Crippen LogP) is 2.65. The zero-order chi connectivity index (χ0) is 13.3. The minimum atomic E-state index is -0.0887. The summed E-state index contributed by atoms with van der Waals surface area (Å²) in [5, 5.41) is 4.46. The molecule has 2 aromatic rings. The molecule has 0 amide bonds. The molecule has 1 heterocycles. The van der Waals surface area contributed by atoms with E-state index in [4.69, 9.17) is 5.73 Å². The molecule has 1 aromatic carbocycles. The number of aromatic nitrogens is 2. The number of hydrogen-bond acceptors (Lipinski definition) is 2. The first kappa shape index (κ1) is 12.8. The topological polar surface area (TPSA) is 43.8 Å². The smallest absolute Gasteiger partial charge is 0.0672 e. The van der Waals surface area contributed by atoms with Gasteiger partial charge in [0.1, 0.15) is 0 Å². The average molecular weight is 243 g/mol. The number of aryl methyl sites for hydroxylation is 4. The Morgan fingerprint density at radius 1 is 1.28 bits per heavy atom. The lowest BCUT2D eigenvalue weighted by Crippen LogP contribution is -2.14. The van der Waals surface area contributed by atoms with Crippen LogP contribution in [0.15, 0.2) is 24.4 Å². The van der Waals surface area contributed by atoms with Crippen molar-refractivity contribution in [2.45, 2.75) is 33.2 Å². The van der Waals surface area contributed by atoms with Gasteiger partial charge in [-0.15, -0.1) is 0 Å². The average Bonchev–Trinajstić information content (AvgIpc) is 2.69. The number of nitrogens with zero attached hydrogens (tertiary/aromatic N) is 2. The van der Waals surface area contributed by atoms with Gasteiger partial charge in [-0.05, 0) is 31.4 Å². The van der Waals surface area contributed by atoms with E-state index in [-0.39, 0.29) is 6.04 Å². The van der Waals surface area contributed by atoms with Gasteiger partial charge in [-0.1, -0.05) is 30.7 Å². The molecule has 18 heavy (non-hydrogen) atoms. The summed E-state index contributed by atoms with van der Waals surface area (Å²) >= 11 is 0. The monoisotopic (exact) mass is 243 g/mol. The van der Waals surface area contributed by atoms with Gasteiger partial charge in [-0.2, -0.15) is 5.10 Å². The quantitative estimate of drug-likeness (QED) is 0.900. The molecule has 1 atom stereocenters. The van der Waals surface area contributed by atoms with Gasteiger partial charge >= 0.3 is 0 Å². The van der Waals surface area contributed by atoms with Crippen LogP contribution in [0.3, 0.4) is 0 Å². The van der Waals surface area contributed by atoms with Crippen molar-refractivity contribution >= 4 is 0 Å². The van der Waals surface area contributed by atoms with E-state index in [9.17, 15) is 0 Å². The van der Waals surface area contributed by atoms with Crippen LogP contribution in [0.5, 0.6) is 0 Å². The summed E-state index contributed by atoms with van der Waals surface area (Å²) in [4.78, 5) is 0. The van der Waals surface area contributed by atoms with E-state index < -0.39 is 0 Å². The van der Waals surface area contributed by atoms with Gasteiger partial charge in [0.25, 0.3) is 0 Å². The Balaban J connectivity index is 2.43. The van der Waals surface area contributed by atoms with E-state index in [1.165, 1.54) is 16.7 Å². The molecule has 3 heteroatoms. The van der Waals surface area contributed by atoms with Gasteiger partial charge in [0.2, 0.25) is 0 Å². The van der Waals surface area contributed by atoms with E-state index in [1.807, 2.05) is 17.9 Å². The molecule has 0 aliphatic rings. The van der Waals surface area contributed by atoms with Crippen LogP contribution in [-0.2, 0) is 13.5 Å². The third-order valence-corrected chi connectivity index (χ3v) is 3.37. The summed E-state index contributed by atoms with van der Waals surface area (Å²) in [6, 6.07) is 6.33. The molecule has 0 fully saturated rings. The fourth-order valence-electron chi connectivity index (χ4n) is 2.43. The highest BCUT2D eigenvalue weighted by atomic mass is 15.3. The molecule has 1 unspecified atom stereocenters. The number of benzene rings is 1. The Morgan fingerprint density at radius 3 is 2.61 bits per heavy atom. The van der Waals surface area contributed by atoms with E-state index >= 15 is 0 Å². The molecule has 96 valence electrons. The second kappa shape index (κ2) is 4.94. The molecule has 0 saturated carbocycles. The Kier molecular flexibility index (Phi) is 3.53. The highest BCUT2D eigenvalue weighted by Crippen LogP contribution is 2.25.